The normalized spacial score (nSPS) is 11.7. The Bertz CT molecular complexity index is 1530. The average Bonchev–Trinajstić information content (AvgIpc) is 3.44. The van der Waals surface area contributed by atoms with Crippen LogP contribution >= 0.6 is 11.3 Å². The molecule has 0 spiro atoms. The van der Waals surface area contributed by atoms with Gasteiger partial charge in [0.1, 0.15) is 0 Å². The molecule has 0 saturated heterocycles. The van der Waals surface area contributed by atoms with Crippen molar-refractivity contribution in [3.63, 3.8) is 0 Å². The first kappa shape index (κ1) is 24.4. The summed E-state index contributed by atoms with van der Waals surface area (Å²) in [7, 11) is 0. The Morgan fingerprint density at radius 2 is 1.54 bits per heavy atom. The van der Waals surface area contributed by atoms with Gasteiger partial charge in [0, 0.05) is 21.6 Å². The largest absolute Gasteiger partial charge is 0.330 e. The number of carbonyl (C=O) groups is 2. The summed E-state index contributed by atoms with van der Waals surface area (Å²) in [5, 5.41) is 7.92. The van der Waals surface area contributed by atoms with Crippen molar-refractivity contribution in [1.29, 1.82) is 0 Å². The SMILES string of the molecule is NCCC(C(=O)Nc1ccc2cccc(NC(=O)c3ccc(-c4ccccc4)s3)c2c1)c1ccccc1. The van der Waals surface area contributed by atoms with Crippen LogP contribution in [0, 0.1) is 0 Å². The Morgan fingerprint density at radius 1 is 0.784 bits per heavy atom. The van der Waals surface area contributed by atoms with Crippen molar-refractivity contribution in [3.8, 4) is 10.4 Å². The van der Waals surface area contributed by atoms with Gasteiger partial charge in [-0.15, -0.1) is 11.3 Å². The van der Waals surface area contributed by atoms with Crippen LogP contribution in [0.2, 0.25) is 0 Å². The Labute approximate surface area is 220 Å². The highest BCUT2D eigenvalue weighted by Crippen LogP contribution is 2.31. The standard InChI is InChI=1S/C31H27N3O2S/c32-19-18-25(21-8-3-1-4-9-21)30(35)33-24-15-14-22-12-7-13-27(26(22)20-24)34-31(36)29-17-16-28(37-29)23-10-5-2-6-11-23/h1-17,20,25H,18-19,32H2,(H,33,35)(H,34,36). The van der Waals surface area contributed by atoms with E-state index < -0.39 is 0 Å². The van der Waals surface area contributed by atoms with Gasteiger partial charge in [0.25, 0.3) is 5.91 Å². The fourth-order valence-electron chi connectivity index (χ4n) is 4.39. The van der Waals surface area contributed by atoms with Gasteiger partial charge >= 0.3 is 0 Å². The highest BCUT2D eigenvalue weighted by Gasteiger charge is 2.20. The topological polar surface area (TPSA) is 84.2 Å². The second-order valence-corrected chi connectivity index (χ2v) is 9.84. The quantitative estimate of drug-likeness (QED) is 0.215. The Balaban J connectivity index is 1.37. The minimum atomic E-state index is -0.338. The molecule has 0 aliphatic rings. The number of rotatable bonds is 8. The number of hydrogen-bond donors (Lipinski definition) is 3. The molecule has 1 unspecified atom stereocenters. The second kappa shape index (κ2) is 11.2. The van der Waals surface area contributed by atoms with Gasteiger partial charge < -0.3 is 16.4 Å². The van der Waals surface area contributed by atoms with E-state index >= 15 is 0 Å². The first-order valence-corrected chi connectivity index (χ1v) is 13.0. The number of fused-ring (bicyclic) bond motifs is 1. The van der Waals surface area contributed by atoms with Crippen molar-refractivity contribution >= 4 is 45.3 Å². The van der Waals surface area contributed by atoms with Gasteiger partial charge in [-0.05, 0) is 59.8 Å². The van der Waals surface area contributed by atoms with Crippen LogP contribution in [-0.2, 0) is 4.79 Å². The van der Waals surface area contributed by atoms with Crippen molar-refractivity contribution in [3.05, 3.63) is 120 Å². The summed E-state index contributed by atoms with van der Waals surface area (Å²) in [5.41, 5.74) is 9.18. The van der Waals surface area contributed by atoms with Gasteiger partial charge in [0.05, 0.1) is 10.8 Å². The van der Waals surface area contributed by atoms with Crippen LogP contribution in [0.25, 0.3) is 21.2 Å². The zero-order valence-corrected chi connectivity index (χ0v) is 21.0. The predicted octanol–water partition coefficient (Wildman–Crippen LogP) is 6.89. The molecule has 5 rings (SSSR count). The first-order valence-electron chi connectivity index (χ1n) is 12.2. The molecule has 0 bridgehead atoms. The van der Waals surface area contributed by atoms with Crippen LogP contribution in [0.3, 0.4) is 0 Å². The molecule has 0 radical (unpaired) electrons. The minimum absolute atomic E-state index is 0.107. The number of thiophene rings is 1. The number of nitrogens with two attached hydrogens (primary N) is 1. The maximum absolute atomic E-state index is 13.2. The van der Waals surface area contributed by atoms with Crippen LogP contribution in [0.4, 0.5) is 11.4 Å². The van der Waals surface area contributed by atoms with Crippen molar-refractivity contribution in [2.75, 3.05) is 17.2 Å². The molecular weight excluding hydrogens is 478 g/mol. The lowest BCUT2D eigenvalue weighted by Gasteiger charge is -2.17. The molecule has 4 aromatic carbocycles. The number of nitrogens with one attached hydrogen (secondary N) is 2. The Hall–Kier alpha value is -4.26. The lowest BCUT2D eigenvalue weighted by atomic mass is 9.94. The van der Waals surface area contributed by atoms with E-state index in [0.717, 1.165) is 26.8 Å². The van der Waals surface area contributed by atoms with E-state index in [2.05, 4.69) is 10.6 Å². The third-order valence-electron chi connectivity index (χ3n) is 6.26. The van der Waals surface area contributed by atoms with E-state index in [1.54, 1.807) is 0 Å². The van der Waals surface area contributed by atoms with Crippen molar-refractivity contribution < 1.29 is 9.59 Å². The molecule has 184 valence electrons. The van der Waals surface area contributed by atoms with Gasteiger partial charge in [-0.3, -0.25) is 9.59 Å². The molecule has 0 aliphatic carbocycles. The zero-order valence-electron chi connectivity index (χ0n) is 20.2. The average molecular weight is 506 g/mol. The van der Waals surface area contributed by atoms with Gasteiger partial charge in [-0.25, -0.2) is 0 Å². The number of amides is 2. The van der Waals surface area contributed by atoms with Gasteiger partial charge in [-0.2, -0.15) is 0 Å². The van der Waals surface area contributed by atoms with Crippen molar-refractivity contribution in [2.24, 2.45) is 5.73 Å². The monoisotopic (exact) mass is 505 g/mol. The van der Waals surface area contributed by atoms with E-state index in [1.807, 2.05) is 109 Å². The summed E-state index contributed by atoms with van der Waals surface area (Å²) in [4.78, 5) is 27.9. The van der Waals surface area contributed by atoms with E-state index in [9.17, 15) is 9.59 Å². The lowest BCUT2D eigenvalue weighted by molar-refractivity contribution is -0.117. The van der Waals surface area contributed by atoms with E-state index in [-0.39, 0.29) is 17.7 Å². The summed E-state index contributed by atoms with van der Waals surface area (Å²) in [6.45, 7) is 0.412. The highest BCUT2D eigenvalue weighted by molar-refractivity contribution is 7.17. The summed E-state index contributed by atoms with van der Waals surface area (Å²) in [6, 6.07) is 35.0. The molecule has 2 amide bonds. The Kier molecular flexibility index (Phi) is 7.40. The van der Waals surface area contributed by atoms with Crippen molar-refractivity contribution in [2.45, 2.75) is 12.3 Å². The van der Waals surface area contributed by atoms with Crippen LogP contribution in [0.1, 0.15) is 27.6 Å². The number of anilines is 2. The molecular formula is C31H27N3O2S. The second-order valence-electron chi connectivity index (χ2n) is 8.76. The third-order valence-corrected chi connectivity index (χ3v) is 7.39. The molecule has 4 N–H and O–H groups in total. The van der Waals surface area contributed by atoms with Gasteiger partial charge in [-0.1, -0.05) is 78.9 Å². The first-order chi connectivity index (χ1) is 18.1. The summed E-state index contributed by atoms with van der Waals surface area (Å²) >= 11 is 1.46. The summed E-state index contributed by atoms with van der Waals surface area (Å²) in [6.07, 6.45) is 0.552. The maximum Gasteiger partial charge on any atom is 0.265 e. The molecule has 37 heavy (non-hydrogen) atoms. The smallest absolute Gasteiger partial charge is 0.265 e. The molecule has 0 saturated carbocycles. The van der Waals surface area contributed by atoms with Crippen LogP contribution in [0.5, 0.6) is 0 Å². The summed E-state index contributed by atoms with van der Waals surface area (Å²) < 4.78 is 0. The third kappa shape index (κ3) is 5.61. The molecule has 5 nitrogen and oxygen atoms in total. The number of benzene rings is 4. The van der Waals surface area contributed by atoms with E-state index in [1.165, 1.54) is 11.3 Å². The summed E-state index contributed by atoms with van der Waals surface area (Å²) in [5.74, 6) is -0.611. The highest BCUT2D eigenvalue weighted by atomic mass is 32.1. The van der Waals surface area contributed by atoms with E-state index in [0.29, 0.717) is 29.2 Å². The predicted molar refractivity (Wildman–Crippen MR) is 153 cm³/mol. The number of carbonyl (C=O) groups excluding carboxylic acids is 2. The fourth-order valence-corrected chi connectivity index (χ4v) is 5.30. The molecule has 6 heteroatoms. The molecule has 1 aromatic heterocycles. The lowest BCUT2D eigenvalue weighted by Crippen LogP contribution is -2.23. The van der Waals surface area contributed by atoms with E-state index in [4.69, 9.17) is 5.73 Å². The van der Waals surface area contributed by atoms with Gasteiger partial charge in [0.2, 0.25) is 5.91 Å². The molecule has 0 aliphatic heterocycles. The minimum Gasteiger partial charge on any atom is -0.330 e. The molecule has 1 heterocycles. The Morgan fingerprint density at radius 3 is 2.30 bits per heavy atom. The molecule has 0 fully saturated rings. The number of hydrogen-bond acceptors (Lipinski definition) is 4. The fraction of sp³-hybridized carbons (Fsp3) is 0.0968. The van der Waals surface area contributed by atoms with Crippen molar-refractivity contribution in [1.82, 2.24) is 0 Å². The van der Waals surface area contributed by atoms with Crippen LogP contribution in [-0.4, -0.2) is 18.4 Å². The van der Waals surface area contributed by atoms with Crippen LogP contribution in [0.15, 0.2) is 109 Å². The van der Waals surface area contributed by atoms with Crippen LogP contribution < -0.4 is 16.4 Å². The maximum atomic E-state index is 13.2. The molecule has 1 atom stereocenters. The molecule has 5 aromatic rings. The zero-order chi connectivity index (χ0) is 25.6. The van der Waals surface area contributed by atoms with Gasteiger partial charge in [0.15, 0.2) is 0 Å².